The van der Waals surface area contributed by atoms with Crippen LogP contribution in [0.1, 0.15) is 31.9 Å². The number of rotatable bonds is 6. The van der Waals surface area contributed by atoms with Crippen LogP contribution in [0.15, 0.2) is 72.1 Å². The fourth-order valence-corrected chi connectivity index (χ4v) is 4.77. The number of nitrogens with zero attached hydrogens (tertiary/aromatic N) is 1. The molecule has 6 heteroatoms. The summed E-state index contributed by atoms with van der Waals surface area (Å²) in [6.07, 6.45) is 0. The summed E-state index contributed by atoms with van der Waals surface area (Å²) in [6.45, 7) is 8.39. The quantitative estimate of drug-likeness (QED) is 0.300. The number of anilines is 1. The van der Waals surface area contributed by atoms with Crippen molar-refractivity contribution < 1.29 is 9.53 Å². The Hall–Kier alpha value is -3.15. The largest absolute Gasteiger partial charge is 0.483 e. The van der Waals surface area contributed by atoms with Gasteiger partial charge in [-0.1, -0.05) is 80.4 Å². The van der Waals surface area contributed by atoms with E-state index in [0.717, 1.165) is 33.1 Å². The zero-order chi connectivity index (χ0) is 24.3. The molecule has 0 aliphatic heterocycles. The first-order chi connectivity index (χ1) is 16.2. The minimum absolute atomic E-state index is 0.0657. The third kappa shape index (κ3) is 5.66. The predicted molar refractivity (Wildman–Crippen MR) is 142 cm³/mol. The van der Waals surface area contributed by atoms with Gasteiger partial charge in [0.25, 0.3) is 5.91 Å². The van der Waals surface area contributed by atoms with Crippen molar-refractivity contribution in [1.29, 1.82) is 0 Å². The molecular formula is C28H27ClN2O2S. The standard InChI is InChI=1S/C28H27ClN2O2S/c1-18-12-13-25(22(14-18)28(2,3)4)33-16-26(32)30-20-9-7-8-19(15-20)24-17-34-27(31-24)21-10-5-6-11-23(21)29/h5-15,17H,16H2,1-4H3,(H,30,32). The molecule has 0 radical (unpaired) electrons. The molecule has 1 heterocycles. The van der Waals surface area contributed by atoms with E-state index in [1.54, 1.807) is 0 Å². The van der Waals surface area contributed by atoms with Crippen LogP contribution in [0.2, 0.25) is 5.02 Å². The Labute approximate surface area is 209 Å². The van der Waals surface area contributed by atoms with Gasteiger partial charge in [-0.3, -0.25) is 4.79 Å². The second-order valence-corrected chi connectivity index (χ2v) is 10.5. The molecule has 4 rings (SSSR count). The Morgan fingerprint density at radius 1 is 1.06 bits per heavy atom. The third-order valence-electron chi connectivity index (χ3n) is 5.35. The van der Waals surface area contributed by atoms with Crippen molar-refractivity contribution in [2.24, 2.45) is 0 Å². The average molecular weight is 491 g/mol. The smallest absolute Gasteiger partial charge is 0.262 e. The average Bonchev–Trinajstić information content (AvgIpc) is 3.28. The van der Waals surface area contributed by atoms with Crippen molar-refractivity contribution in [1.82, 2.24) is 4.98 Å². The fourth-order valence-electron chi connectivity index (χ4n) is 3.62. The molecule has 174 valence electrons. The Kier molecular flexibility index (Phi) is 7.05. The summed E-state index contributed by atoms with van der Waals surface area (Å²) in [7, 11) is 0. The van der Waals surface area contributed by atoms with Gasteiger partial charge in [-0.15, -0.1) is 11.3 Å². The molecule has 0 fully saturated rings. The van der Waals surface area contributed by atoms with Gasteiger partial charge in [0.1, 0.15) is 10.8 Å². The topological polar surface area (TPSA) is 51.2 Å². The van der Waals surface area contributed by atoms with Crippen LogP contribution >= 0.6 is 22.9 Å². The highest BCUT2D eigenvalue weighted by Crippen LogP contribution is 2.34. The van der Waals surface area contributed by atoms with Gasteiger partial charge in [0, 0.05) is 22.2 Å². The highest BCUT2D eigenvalue weighted by Gasteiger charge is 2.20. The van der Waals surface area contributed by atoms with Crippen molar-refractivity contribution in [3.63, 3.8) is 0 Å². The number of halogens is 1. The highest BCUT2D eigenvalue weighted by atomic mass is 35.5. The summed E-state index contributed by atoms with van der Waals surface area (Å²) in [4.78, 5) is 17.4. The van der Waals surface area contributed by atoms with Gasteiger partial charge < -0.3 is 10.1 Å². The van der Waals surface area contributed by atoms with E-state index in [4.69, 9.17) is 21.3 Å². The van der Waals surface area contributed by atoms with Gasteiger partial charge in [0.2, 0.25) is 0 Å². The van der Waals surface area contributed by atoms with E-state index in [2.05, 4.69) is 39.1 Å². The molecule has 0 saturated carbocycles. The lowest BCUT2D eigenvalue weighted by molar-refractivity contribution is -0.118. The number of carbonyl (C=O) groups excluding carboxylic acids is 1. The number of hydrogen-bond donors (Lipinski definition) is 1. The van der Waals surface area contributed by atoms with Gasteiger partial charge in [-0.05, 0) is 42.2 Å². The van der Waals surface area contributed by atoms with Gasteiger partial charge in [0.15, 0.2) is 6.61 Å². The molecule has 1 N–H and O–H groups in total. The van der Waals surface area contributed by atoms with Gasteiger partial charge >= 0.3 is 0 Å². The maximum atomic E-state index is 12.6. The lowest BCUT2D eigenvalue weighted by Crippen LogP contribution is -2.22. The normalized spacial score (nSPS) is 11.3. The van der Waals surface area contributed by atoms with Crippen LogP contribution in [0.3, 0.4) is 0 Å². The molecule has 0 atom stereocenters. The van der Waals surface area contributed by atoms with Crippen molar-refractivity contribution in [2.75, 3.05) is 11.9 Å². The van der Waals surface area contributed by atoms with E-state index in [1.807, 2.05) is 66.0 Å². The number of nitrogens with one attached hydrogen (secondary N) is 1. The van der Waals surface area contributed by atoms with E-state index < -0.39 is 0 Å². The van der Waals surface area contributed by atoms with Crippen molar-refractivity contribution in [2.45, 2.75) is 33.1 Å². The first-order valence-corrected chi connectivity index (χ1v) is 12.3. The molecule has 0 aliphatic carbocycles. The lowest BCUT2D eigenvalue weighted by atomic mass is 9.85. The molecule has 0 spiro atoms. The Balaban J connectivity index is 1.45. The van der Waals surface area contributed by atoms with Crippen LogP contribution in [0, 0.1) is 6.92 Å². The number of carbonyl (C=O) groups is 1. The molecule has 3 aromatic carbocycles. The van der Waals surface area contributed by atoms with Crippen molar-refractivity contribution in [3.8, 4) is 27.6 Å². The summed E-state index contributed by atoms with van der Waals surface area (Å²) in [5, 5.41) is 6.46. The second kappa shape index (κ2) is 10.00. The van der Waals surface area contributed by atoms with Crippen molar-refractivity contribution in [3.05, 3.63) is 88.3 Å². The zero-order valence-corrected chi connectivity index (χ0v) is 21.3. The third-order valence-corrected chi connectivity index (χ3v) is 6.56. The van der Waals surface area contributed by atoms with E-state index in [1.165, 1.54) is 16.9 Å². The number of ether oxygens (including phenoxy) is 1. The maximum Gasteiger partial charge on any atom is 0.262 e. The maximum absolute atomic E-state index is 12.6. The Morgan fingerprint density at radius 3 is 2.62 bits per heavy atom. The number of aromatic nitrogens is 1. The van der Waals surface area contributed by atoms with E-state index in [9.17, 15) is 4.79 Å². The summed E-state index contributed by atoms with van der Waals surface area (Å²) in [5.41, 5.74) is 5.52. The van der Waals surface area contributed by atoms with Gasteiger partial charge in [0.05, 0.1) is 10.7 Å². The molecule has 0 bridgehead atoms. The van der Waals surface area contributed by atoms with Crippen molar-refractivity contribution >= 4 is 34.5 Å². The number of hydrogen-bond acceptors (Lipinski definition) is 4. The van der Waals surface area contributed by atoms with E-state index in [-0.39, 0.29) is 17.9 Å². The van der Waals surface area contributed by atoms with Crippen LogP contribution < -0.4 is 10.1 Å². The van der Waals surface area contributed by atoms with E-state index in [0.29, 0.717) is 10.7 Å². The molecule has 1 amide bonds. The summed E-state index contributed by atoms with van der Waals surface area (Å²) < 4.78 is 5.90. The first-order valence-electron chi connectivity index (χ1n) is 11.1. The molecule has 0 aliphatic rings. The van der Waals surface area contributed by atoms with Crippen LogP contribution in [0.4, 0.5) is 5.69 Å². The first kappa shape index (κ1) is 24.0. The molecule has 1 aromatic heterocycles. The second-order valence-electron chi connectivity index (χ2n) is 9.19. The predicted octanol–water partition coefficient (Wildman–Crippen LogP) is 7.75. The summed E-state index contributed by atoms with van der Waals surface area (Å²) in [6, 6.07) is 21.3. The van der Waals surface area contributed by atoms with Crippen LogP contribution in [-0.2, 0) is 10.2 Å². The Bertz CT molecular complexity index is 1320. The Morgan fingerprint density at radius 2 is 1.85 bits per heavy atom. The molecule has 0 saturated heterocycles. The minimum Gasteiger partial charge on any atom is -0.483 e. The SMILES string of the molecule is Cc1ccc(OCC(=O)Nc2cccc(-c3csc(-c4ccccc4Cl)n3)c2)c(C(C)(C)C)c1. The van der Waals surface area contributed by atoms with Crippen LogP contribution in [0.25, 0.3) is 21.8 Å². The number of amides is 1. The molecule has 34 heavy (non-hydrogen) atoms. The van der Waals surface area contributed by atoms with Crippen LogP contribution in [0.5, 0.6) is 5.75 Å². The molecular weight excluding hydrogens is 464 g/mol. The number of thiazole rings is 1. The monoisotopic (exact) mass is 490 g/mol. The van der Waals surface area contributed by atoms with Gasteiger partial charge in [-0.2, -0.15) is 0 Å². The molecule has 0 unspecified atom stereocenters. The minimum atomic E-state index is -0.215. The number of aryl methyl sites for hydroxylation is 1. The lowest BCUT2D eigenvalue weighted by Gasteiger charge is -2.23. The molecule has 4 aromatic rings. The summed E-state index contributed by atoms with van der Waals surface area (Å²) in [5.74, 6) is 0.518. The van der Waals surface area contributed by atoms with Gasteiger partial charge in [-0.25, -0.2) is 4.98 Å². The fraction of sp³-hybridized carbons (Fsp3) is 0.214. The van der Waals surface area contributed by atoms with E-state index >= 15 is 0 Å². The molecule has 4 nitrogen and oxygen atoms in total. The summed E-state index contributed by atoms with van der Waals surface area (Å²) >= 11 is 7.86. The van der Waals surface area contributed by atoms with Crippen LogP contribution in [-0.4, -0.2) is 17.5 Å². The zero-order valence-electron chi connectivity index (χ0n) is 19.7. The highest BCUT2D eigenvalue weighted by molar-refractivity contribution is 7.13. The number of benzene rings is 3.